The highest BCUT2D eigenvalue weighted by Crippen LogP contribution is 2.25. The molecule has 0 aliphatic carbocycles. The molecule has 4 nitrogen and oxygen atoms in total. The topological polar surface area (TPSA) is 44.0 Å². The lowest BCUT2D eigenvalue weighted by Gasteiger charge is -2.07. The zero-order chi connectivity index (χ0) is 15.1. The predicted molar refractivity (Wildman–Crippen MR) is 90.9 cm³/mol. The lowest BCUT2D eigenvalue weighted by molar-refractivity contribution is 0.981. The third-order valence-corrected chi connectivity index (χ3v) is 5.31. The first-order valence-corrected chi connectivity index (χ1v) is 8.27. The summed E-state index contributed by atoms with van der Waals surface area (Å²) in [6.45, 7) is 0. The number of thiazole rings is 2. The van der Waals surface area contributed by atoms with Crippen molar-refractivity contribution in [2.75, 3.05) is 0 Å². The molecule has 0 saturated carbocycles. The average Bonchev–Trinajstić information content (AvgIpc) is 3.01. The van der Waals surface area contributed by atoms with E-state index in [4.69, 9.17) is 0 Å². The maximum absolute atomic E-state index is 12.4. The lowest BCUT2D eigenvalue weighted by atomic mass is 10.3. The molecule has 22 heavy (non-hydrogen) atoms. The zero-order valence-electron chi connectivity index (χ0n) is 11.3. The average molecular weight is 326 g/mol. The standard InChI is InChI=1S/C16H10N2O2S2/c19-15-17(11-7-3-1-4-8-11)13-14(21-15)22-16(20)18(13)12-9-5-2-6-10-12/h1-10H. The molecule has 0 fully saturated rings. The molecule has 2 aromatic heterocycles. The van der Waals surface area contributed by atoms with Crippen LogP contribution in [-0.4, -0.2) is 9.13 Å². The van der Waals surface area contributed by atoms with Crippen molar-refractivity contribution in [2.24, 2.45) is 0 Å². The molecule has 4 rings (SSSR count). The molecular formula is C16H10N2O2S2. The Morgan fingerprint density at radius 1 is 0.636 bits per heavy atom. The monoisotopic (exact) mass is 326 g/mol. The van der Waals surface area contributed by atoms with Crippen molar-refractivity contribution < 1.29 is 0 Å². The molecule has 0 amide bonds. The molecule has 108 valence electrons. The van der Waals surface area contributed by atoms with Crippen LogP contribution in [0, 0.1) is 0 Å². The van der Waals surface area contributed by atoms with E-state index in [1.807, 2.05) is 60.7 Å². The molecule has 2 heterocycles. The third-order valence-electron chi connectivity index (χ3n) is 3.36. The number of aromatic nitrogens is 2. The van der Waals surface area contributed by atoms with Crippen molar-refractivity contribution in [1.29, 1.82) is 0 Å². The highest BCUT2D eigenvalue weighted by atomic mass is 32.2. The van der Waals surface area contributed by atoms with Gasteiger partial charge in [0.1, 0.15) is 4.01 Å². The maximum atomic E-state index is 12.4. The Kier molecular flexibility index (Phi) is 3.06. The second kappa shape index (κ2) is 5.08. The summed E-state index contributed by atoms with van der Waals surface area (Å²) in [5, 5.41) is 0. The molecule has 6 heteroatoms. The minimum absolute atomic E-state index is 0.0860. The van der Waals surface area contributed by atoms with E-state index in [1.54, 1.807) is 9.13 Å². The lowest BCUT2D eigenvalue weighted by Crippen LogP contribution is -2.17. The van der Waals surface area contributed by atoms with Crippen LogP contribution in [0.5, 0.6) is 0 Å². The number of para-hydroxylation sites is 2. The number of fused-ring (bicyclic) bond motifs is 1. The van der Waals surface area contributed by atoms with Gasteiger partial charge in [0.15, 0.2) is 5.65 Å². The Hall–Kier alpha value is -2.44. The van der Waals surface area contributed by atoms with Crippen LogP contribution < -0.4 is 9.75 Å². The molecule has 0 spiro atoms. The molecule has 0 radical (unpaired) electrons. The van der Waals surface area contributed by atoms with Crippen molar-refractivity contribution in [1.82, 2.24) is 9.13 Å². The Morgan fingerprint density at radius 3 is 1.45 bits per heavy atom. The van der Waals surface area contributed by atoms with Gasteiger partial charge in [0.2, 0.25) is 0 Å². The first kappa shape index (κ1) is 13.2. The van der Waals surface area contributed by atoms with Crippen molar-refractivity contribution in [2.45, 2.75) is 0 Å². The van der Waals surface area contributed by atoms with Crippen LogP contribution in [0.1, 0.15) is 0 Å². The van der Waals surface area contributed by atoms with Gasteiger partial charge in [-0.2, -0.15) is 0 Å². The van der Waals surface area contributed by atoms with Gasteiger partial charge in [0.05, 0.1) is 11.4 Å². The summed E-state index contributed by atoms with van der Waals surface area (Å²) in [7, 11) is 0. The Labute approximate surface area is 133 Å². The maximum Gasteiger partial charge on any atom is 0.314 e. The molecular weight excluding hydrogens is 316 g/mol. The number of benzene rings is 2. The highest BCUT2D eigenvalue weighted by molar-refractivity contribution is 7.36. The molecule has 0 saturated heterocycles. The summed E-state index contributed by atoms with van der Waals surface area (Å²) in [6.07, 6.45) is 0. The second-order valence-corrected chi connectivity index (χ2v) is 6.87. The summed E-state index contributed by atoms with van der Waals surface area (Å²) in [5.41, 5.74) is 2.17. The van der Waals surface area contributed by atoms with Gasteiger partial charge in [-0.15, -0.1) is 0 Å². The van der Waals surface area contributed by atoms with Gasteiger partial charge in [-0.05, 0) is 24.3 Å². The number of hydrogen-bond donors (Lipinski definition) is 0. The normalized spacial score (nSPS) is 11.1. The summed E-state index contributed by atoms with van der Waals surface area (Å²) in [5.74, 6) is 0. The first-order chi connectivity index (χ1) is 10.8. The van der Waals surface area contributed by atoms with Crippen molar-refractivity contribution >= 4 is 32.3 Å². The number of hydrogen-bond acceptors (Lipinski definition) is 4. The summed E-state index contributed by atoms with van der Waals surface area (Å²) < 4.78 is 3.94. The molecule has 4 aromatic rings. The third kappa shape index (κ3) is 1.96. The van der Waals surface area contributed by atoms with Crippen LogP contribution >= 0.6 is 22.7 Å². The quantitative estimate of drug-likeness (QED) is 0.567. The fourth-order valence-corrected chi connectivity index (χ4v) is 4.45. The van der Waals surface area contributed by atoms with Crippen molar-refractivity contribution in [3.05, 3.63) is 80.0 Å². The van der Waals surface area contributed by atoms with E-state index in [-0.39, 0.29) is 9.75 Å². The Balaban J connectivity index is 2.13. The largest absolute Gasteiger partial charge is 0.314 e. The van der Waals surface area contributed by atoms with Crippen LogP contribution in [0.25, 0.3) is 21.0 Å². The van der Waals surface area contributed by atoms with Gasteiger partial charge < -0.3 is 0 Å². The van der Waals surface area contributed by atoms with E-state index in [1.165, 1.54) is 0 Å². The van der Waals surface area contributed by atoms with E-state index in [0.29, 0.717) is 5.65 Å². The molecule has 0 bridgehead atoms. The molecule has 0 N–H and O–H groups in total. The van der Waals surface area contributed by atoms with Crippen LogP contribution in [0.4, 0.5) is 0 Å². The summed E-state index contributed by atoms with van der Waals surface area (Å²) in [6, 6.07) is 18.8. The van der Waals surface area contributed by atoms with Gasteiger partial charge in [0, 0.05) is 0 Å². The van der Waals surface area contributed by atoms with Gasteiger partial charge in [-0.25, -0.2) is 0 Å². The van der Waals surface area contributed by atoms with E-state index < -0.39 is 0 Å². The fraction of sp³-hybridized carbons (Fsp3) is 0. The van der Waals surface area contributed by atoms with Gasteiger partial charge >= 0.3 is 9.75 Å². The van der Waals surface area contributed by atoms with Crippen molar-refractivity contribution in [3.63, 3.8) is 0 Å². The molecule has 0 aliphatic rings. The molecule has 0 atom stereocenters. The van der Waals surface area contributed by atoms with Crippen LogP contribution in [0.3, 0.4) is 0 Å². The van der Waals surface area contributed by atoms with Crippen LogP contribution in [0.2, 0.25) is 0 Å². The minimum Gasteiger partial charge on any atom is -0.256 e. The van der Waals surface area contributed by atoms with Gasteiger partial charge in [-0.3, -0.25) is 18.7 Å². The number of nitrogens with zero attached hydrogens (tertiary/aromatic N) is 2. The zero-order valence-corrected chi connectivity index (χ0v) is 12.9. The van der Waals surface area contributed by atoms with Crippen LogP contribution in [-0.2, 0) is 0 Å². The van der Waals surface area contributed by atoms with Gasteiger partial charge in [-0.1, -0.05) is 59.1 Å². The SMILES string of the molecule is O=c1sc2sc(=O)n(-c3ccccc3)c2n1-c1ccccc1. The highest BCUT2D eigenvalue weighted by Gasteiger charge is 2.18. The van der Waals surface area contributed by atoms with E-state index in [9.17, 15) is 9.59 Å². The predicted octanol–water partition coefficient (Wildman–Crippen LogP) is 3.26. The van der Waals surface area contributed by atoms with Crippen LogP contribution in [0.15, 0.2) is 70.3 Å². The number of rotatable bonds is 2. The van der Waals surface area contributed by atoms with E-state index in [0.717, 1.165) is 38.1 Å². The second-order valence-electron chi connectivity index (χ2n) is 4.69. The first-order valence-electron chi connectivity index (χ1n) is 6.64. The molecule has 2 aromatic carbocycles. The Bertz CT molecular complexity index is 973. The summed E-state index contributed by atoms with van der Waals surface area (Å²) >= 11 is 2.22. The summed E-state index contributed by atoms with van der Waals surface area (Å²) in [4.78, 5) is 24.6. The molecule has 0 unspecified atom stereocenters. The smallest absolute Gasteiger partial charge is 0.256 e. The fourth-order valence-electron chi connectivity index (χ4n) is 2.43. The molecule has 0 aliphatic heterocycles. The van der Waals surface area contributed by atoms with E-state index >= 15 is 0 Å². The Morgan fingerprint density at radius 2 is 1.05 bits per heavy atom. The minimum atomic E-state index is -0.0860. The van der Waals surface area contributed by atoms with Crippen molar-refractivity contribution in [3.8, 4) is 11.4 Å². The van der Waals surface area contributed by atoms with Gasteiger partial charge in [0.25, 0.3) is 0 Å². The van der Waals surface area contributed by atoms with E-state index in [2.05, 4.69) is 0 Å².